The standard InChI is InChI=1S/C27H34N4O4/c1-27(2)24(18-10-11-22(34-5)23(17-18)35-6)28-31(26(27)33)20-12-14-30(15-13-20)25(32)19-8-7-9-21(16-19)29(3)4/h7-11,16-17,20H,12-15H2,1-6H3. The summed E-state index contributed by atoms with van der Waals surface area (Å²) in [5, 5.41) is 6.44. The molecule has 4 rings (SSSR count). The summed E-state index contributed by atoms with van der Waals surface area (Å²) in [6.07, 6.45) is 1.37. The molecular weight excluding hydrogens is 444 g/mol. The van der Waals surface area contributed by atoms with Crippen LogP contribution in [0.1, 0.15) is 42.6 Å². The summed E-state index contributed by atoms with van der Waals surface area (Å²) < 4.78 is 10.8. The largest absolute Gasteiger partial charge is 0.493 e. The van der Waals surface area contributed by atoms with E-state index < -0.39 is 5.41 Å². The highest BCUT2D eigenvalue weighted by atomic mass is 16.5. The SMILES string of the molecule is COc1ccc(C2=NN(C3CCN(C(=O)c4cccc(N(C)C)c4)CC3)C(=O)C2(C)C)cc1OC. The second-order valence-electron chi connectivity index (χ2n) is 9.76. The third kappa shape index (κ3) is 4.57. The van der Waals surface area contributed by atoms with E-state index in [1.54, 1.807) is 19.2 Å². The molecule has 0 radical (unpaired) electrons. The zero-order valence-corrected chi connectivity index (χ0v) is 21.4. The third-order valence-corrected chi connectivity index (χ3v) is 6.91. The van der Waals surface area contributed by atoms with Gasteiger partial charge in [-0.15, -0.1) is 0 Å². The molecule has 2 aromatic carbocycles. The first-order valence-corrected chi connectivity index (χ1v) is 11.9. The zero-order valence-electron chi connectivity index (χ0n) is 21.4. The Morgan fingerprint density at radius 3 is 2.34 bits per heavy atom. The lowest BCUT2D eigenvalue weighted by atomic mass is 9.83. The summed E-state index contributed by atoms with van der Waals surface area (Å²) >= 11 is 0. The topological polar surface area (TPSA) is 74.7 Å². The Morgan fingerprint density at radius 1 is 1.03 bits per heavy atom. The van der Waals surface area contributed by atoms with Gasteiger partial charge in [-0.3, -0.25) is 9.59 Å². The van der Waals surface area contributed by atoms with E-state index in [1.807, 2.05) is 80.2 Å². The normalized spacial score (nSPS) is 17.9. The van der Waals surface area contributed by atoms with Gasteiger partial charge in [-0.1, -0.05) is 6.07 Å². The highest BCUT2D eigenvalue weighted by Crippen LogP contribution is 2.37. The Hall–Kier alpha value is -3.55. The van der Waals surface area contributed by atoms with Crippen molar-refractivity contribution in [3.05, 3.63) is 53.6 Å². The molecule has 0 aromatic heterocycles. The number of amides is 2. The van der Waals surface area contributed by atoms with E-state index >= 15 is 0 Å². The smallest absolute Gasteiger partial charge is 0.254 e. The van der Waals surface area contributed by atoms with Crippen LogP contribution in [0.15, 0.2) is 47.6 Å². The highest BCUT2D eigenvalue weighted by molar-refractivity contribution is 6.19. The van der Waals surface area contributed by atoms with Crippen molar-refractivity contribution >= 4 is 23.2 Å². The summed E-state index contributed by atoms with van der Waals surface area (Å²) in [5.74, 6) is 1.23. The summed E-state index contributed by atoms with van der Waals surface area (Å²) in [5.41, 5.74) is 2.45. The molecule has 0 N–H and O–H groups in total. The fourth-order valence-electron chi connectivity index (χ4n) is 4.73. The van der Waals surface area contributed by atoms with E-state index in [0.29, 0.717) is 48.7 Å². The molecule has 0 saturated carbocycles. The number of benzene rings is 2. The maximum absolute atomic E-state index is 13.4. The molecule has 1 saturated heterocycles. The second-order valence-corrected chi connectivity index (χ2v) is 9.76. The van der Waals surface area contributed by atoms with Crippen molar-refractivity contribution in [3.8, 4) is 11.5 Å². The van der Waals surface area contributed by atoms with Crippen LogP contribution in [0.3, 0.4) is 0 Å². The van der Waals surface area contributed by atoms with Crippen LogP contribution in [-0.2, 0) is 4.79 Å². The molecule has 2 aromatic rings. The fraction of sp³-hybridized carbons (Fsp3) is 0.444. The number of carbonyl (C=O) groups is 2. The number of ether oxygens (including phenoxy) is 2. The molecule has 2 aliphatic rings. The van der Waals surface area contributed by atoms with E-state index in [9.17, 15) is 9.59 Å². The van der Waals surface area contributed by atoms with Crippen molar-refractivity contribution in [1.82, 2.24) is 9.91 Å². The van der Waals surface area contributed by atoms with Gasteiger partial charge in [-0.05, 0) is 63.1 Å². The lowest BCUT2D eigenvalue weighted by molar-refractivity contribution is -0.137. The van der Waals surface area contributed by atoms with Crippen LogP contribution in [0.2, 0.25) is 0 Å². The number of hydrogen-bond acceptors (Lipinski definition) is 6. The predicted molar refractivity (Wildman–Crippen MR) is 136 cm³/mol. The number of hydrazone groups is 1. The molecular formula is C27H34N4O4. The molecule has 2 heterocycles. The number of anilines is 1. The van der Waals surface area contributed by atoms with Crippen molar-refractivity contribution in [2.45, 2.75) is 32.7 Å². The zero-order chi connectivity index (χ0) is 25.3. The lowest BCUT2D eigenvalue weighted by Gasteiger charge is -2.35. The van der Waals surface area contributed by atoms with Gasteiger partial charge in [0.2, 0.25) is 0 Å². The van der Waals surface area contributed by atoms with Gasteiger partial charge in [0.1, 0.15) is 0 Å². The van der Waals surface area contributed by atoms with Crippen molar-refractivity contribution in [3.63, 3.8) is 0 Å². The predicted octanol–water partition coefficient (Wildman–Crippen LogP) is 3.65. The molecule has 8 nitrogen and oxygen atoms in total. The Labute approximate surface area is 207 Å². The van der Waals surface area contributed by atoms with Crippen molar-refractivity contribution in [2.24, 2.45) is 10.5 Å². The summed E-state index contributed by atoms with van der Waals surface area (Å²) in [7, 11) is 7.10. The average Bonchev–Trinajstić information content (AvgIpc) is 3.11. The Morgan fingerprint density at radius 2 is 1.71 bits per heavy atom. The number of piperidine rings is 1. The molecule has 186 valence electrons. The Balaban J connectivity index is 1.50. The number of nitrogens with zero attached hydrogens (tertiary/aromatic N) is 4. The average molecular weight is 479 g/mol. The minimum absolute atomic E-state index is 0.0225. The number of rotatable bonds is 6. The summed E-state index contributed by atoms with van der Waals surface area (Å²) in [6, 6.07) is 13.2. The van der Waals surface area contributed by atoms with Crippen molar-refractivity contribution in [2.75, 3.05) is 46.3 Å². The van der Waals surface area contributed by atoms with E-state index in [2.05, 4.69) is 0 Å². The van der Waals surface area contributed by atoms with Gasteiger partial charge in [0.05, 0.1) is 31.4 Å². The molecule has 2 aliphatic heterocycles. The molecule has 0 unspecified atom stereocenters. The van der Waals surface area contributed by atoms with Crippen LogP contribution in [0.4, 0.5) is 5.69 Å². The minimum Gasteiger partial charge on any atom is -0.493 e. The van der Waals surface area contributed by atoms with Crippen LogP contribution in [0, 0.1) is 5.41 Å². The first-order chi connectivity index (χ1) is 16.7. The van der Waals surface area contributed by atoms with Gasteiger partial charge in [0.15, 0.2) is 11.5 Å². The third-order valence-electron chi connectivity index (χ3n) is 6.91. The Bertz CT molecular complexity index is 1150. The van der Waals surface area contributed by atoms with Gasteiger partial charge in [0.25, 0.3) is 11.8 Å². The second kappa shape index (κ2) is 9.60. The maximum atomic E-state index is 13.4. The van der Waals surface area contributed by atoms with Crippen molar-refractivity contribution in [1.29, 1.82) is 0 Å². The molecule has 8 heteroatoms. The van der Waals surface area contributed by atoms with Crippen LogP contribution in [-0.4, -0.2) is 74.9 Å². The molecule has 35 heavy (non-hydrogen) atoms. The molecule has 0 spiro atoms. The molecule has 2 amide bonds. The van der Waals surface area contributed by atoms with Gasteiger partial charge in [-0.25, -0.2) is 5.01 Å². The van der Waals surface area contributed by atoms with Crippen LogP contribution in [0.5, 0.6) is 11.5 Å². The van der Waals surface area contributed by atoms with E-state index in [-0.39, 0.29) is 17.9 Å². The van der Waals surface area contributed by atoms with E-state index in [4.69, 9.17) is 14.6 Å². The summed E-state index contributed by atoms with van der Waals surface area (Å²) in [6.45, 7) is 4.98. The first kappa shape index (κ1) is 24.6. The van der Waals surface area contributed by atoms with Gasteiger partial charge in [0, 0.05) is 44.0 Å². The number of methoxy groups -OCH3 is 2. The number of carbonyl (C=O) groups excluding carboxylic acids is 2. The molecule has 0 bridgehead atoms. The number of hydrogen-bond donors (Lipinski definition) is 0. The van der Waals surface area contributed by atoms with E-state index in [0.717, 1.165) is 11.3 Å². The number of likely N-dealkylation sites (tertiary alicyclic amines) is 1. The van der Waals surface area contributed by atoms with Crippen molar-refractivity contribution < 1.29 is 19.1 Å². The van der Waals surface area contributed by atoms with Gasteiger partial charge in [-0.2, -0.15) is 5.10 Å². The maximum Gasteiger partial charge on any atom is 0.254 e. The molecule has 1 fully saturated rings. The summed E-state index contributed by atoms with van der Waals surface area (Å²) in [4.78, 5) is 30.3. The molecule has 0 atom stereocenters. The molecule has 0 aliphatic carbocycles. The fourth-order valence-corrected chi connectivity index (χ4v) is 4.73. The minimum atomic E-state index is -0.765. The van der Waals surface area contributed by atoms with Gasteiger partial charge >= 0.3 is 0 Å². The monoisotopic (exact) mass is 478 g/mol. The lowest BCUT2D eigenvalue weighted by Crippen LogP contribution is -2.47. The van der Waals surface area contributed by atoms with Crippen LogP contribution in [0.25, 0.3) is 0 Å². The first-order valence-electron chi connectivity index (χ1n) is 11.9. The Kier molecular flexibility index (Phi) is 6.74. The van der Waals surface area contributed by atoms with Gasteiger partial charge < -0.3 is 19.3 Å². The van der Waals surface area contributed by atoms with Crippen LogP contribution < -0.4 is 14.4 Å². The van der Waals surface area contributed by atoms with E-state index in [1.165, 1.54) is 0 Å². The quantitative estimate of drug-likeness (QED) is 0.634. The van der Waals surface area contributed by atoms with Crippen LogP contribution >= 0.6 is 0 Å². The highest BCUT2D eigenvalue weighted by Gasteiger charge is 2.47.